The van der Waals surface area contributed by atoms with Gasteiger partial charge >= 0.3 is 5.97 Å². The lowest BCUT2D eigenvalue weighted by Gasteiger charge is -2.49. The summed E-state index contributed by atoms with van der Waals surface area (Å²) >= 11 is 0. The molecule has 0 amide bonds. The van der Waals surface area contributed by atoms with Crippen LogP contribution in [0.25, 0.3) is 0 Å². The first-order valence-corrected chi connectivity index (χ1v) is 8.68. The average molecular weight is 320 g/mol. The molecule has 0 atom stereocenters. The van der Waals surface area contributed by atoms with Crippen molar-refractivity contribution in [3.05, 3.63) is 11.7 Å². The van der Waals surface area contributed by atoms with Crippen LogP contribution in [-0.2, 0) is 19.7 Å². The molecule has 23 heavy (non-hydrogen) atoms. The van der Waals surface area contributed by atoms with Gasteiger partial charge in [-0.05, 0) is 51.4 Å². The van der Waals surface area contributed by atoms with Gasteiger partial charge in [0.1, 0.15) is 0 Å². The van der Waals surface area contributed by atoms with E-state index in [2.05, 4.69) is 5.16 Å². The number of esters is 1. The molecule has 0 aromatic carbocycles. The molecule has 126 valence electrons. The van der Waals surface area contributed by atoms with Crippen LogP contribution in [0.15, 0.2) is 4.52 Å². The lowest BCUT2D eigenvalue weighted by Crippen LogP contribution is -2.48. The third kappa shape index (κ3) is 2.38. The molecule has 4 aliphatic rings. The molecule has 6 nitrogen and oxygen atoms in total. The number of aromatic nitrogens is 2. The van der Waals surface area contributed by atoms with E-state index < -0.39 is 0 Å². The number of carbonyl (C=O) groups is 1. The molecule has 0 N–H and O–H groups in total. The van der Waals surface area contributed by atoms with Gasteiger partial charge < -0.3 is 14.0 Å². The van der Waals surface area contributed by atoms with E-state index in [0.717, 1.165) is 76.3 Å². The predicted molar refractivity (Wildman–Crippen MR) is 80.9 cm³/mol. The second kappa shape index (κ2) is 5.58. The van der Waals surface area contributed by atoms with E-state index in [0.29, 0.717) is 5.92 Å². The zero-order valence-corrected chi connectivity index (χ0v) is 13.7. The quantitative estimate of drug-likeness (QED) is 0.797. The van der Waals surface area contributed by atoms with Gasteiger partial charge in [0.15, 0.2) is 5.82 Å². The molecule has 3 aliphatic carbocycles. The molecule has 2 heterocycles. The number of fused-ring (bicyclic) bond motifs is 3. The van der Waals surface area contributed by atoms with Gasteiger partial charge in [-0.25, -0.2) is 0 Å². The lowest BCUT2D eigenvalue weighted by molar-refractivity contribution is -0.160. The van der Waals surface area contributed by atoms with E-state index in [1.165, 1.54) is 7.11 Å². The molecule has 1 aromatic heterocycles. The van der Waals surface area contributed by atoms with Crippen molar-refractivity contribution in [1.29, 1.82) is 0 Å². The van der Waals surface area contributed by atoms with Crippen LogP contribution in [0.1, 0.15) is 69.0 Å². The number of hydrogen-bond donors (Lipinski definition) is 0. The summed E-state index contributed by atoms with van der Waals surface area (Å²) in [5.74, 6) is 1.95. The Morgan fingerprint density at radius 2 is 1.78 bits per heavy atom. The van der Waals surface area contributed by atoms with E-state index >= 15 is 0 Å². The number of ether oxygens (including phenoxy) is 2. The summed E-state index contributed by atoms with van der Waals surface area (Å²) in [6, 6.07) is 0. The SMILES string of the molecule is COC(=O)C12CCC(c3nc(C4CCOCC4)no3)(CC1)CC2. The normalized spacial score (nSPS) is 34.5. The van der Waals surface area contributed by atoms with Gasteiger partial charge in [0.05, 0.1) is 12.5 Å². The van der Waals surface area contributed by atoms with Crippen LogP contribution in [0.5, 0.6) is 0 Å². The minimum atomic E-state index is -0.264. The molecule has 1 aromatic rings. The largest absolute Gasteiger partial charge is 0.469 e. The maximum atomic E-state index is 12.1. The van der Waals surface area contributed by atoms with Crippen LogP contribution in [-0.4, -0.2) is 36.4 Å². The van der Waals surface area contributed by atoms with Crippen LogP contribution >= 0.6 is 0 Å². The van der Waals surface area contributed by atoms with Crippen molar-refractivity contribution >= 4 is 5.97 Å². The predicted octanol–water partition coefficient (Wildman–Crippen LogP) is 2.73. The van der Waals surface area contributed by atoms with Crippen LogP contribution < -0.4 is 0 Å². The minimum absolute atomic E-state index is 0.0216. The van der Waals surface area contributed by atoms with Gasteiger partial charge in [-0.1, -0.05) is 5.16 Å². The van der Waals surface area contributed by atoms with Crippen LogP contribution in [0.3, 0.4) is 0 Å². The average Bonchev–Trinajstić information content (AvgIpc) is 3.14. The fourth-order valence-corrected chi connectivity index (χ4v) is 4.60. The van der Waals surface area contributed by atoms with Crippen molar-refractivity contribution < 1.29 is 18.8 Å². The highest BCUT2D eigenvalue weighted by atomic mass is 16.5. The Morgan fingerprint density at radius 3 is 2.39 bits per heavy atom. The van der Waals surface area contributed by atoms with Crippen molar-refractivity contribution in [2.24, 2.45) is 5.41 Å². The van der Waals surface area contributed by atoms with Gasteiger partial charge in [0.2, 0.25) is 5.89 Å². The number of hydrogen-bond acceptors (Lipinski definition) is 6. The van der Waals surface area contributed by atoms with Crippen molar-refractivity contribution in [2.75, 3.05) is 20.3 Å². The Kier molecular flexibility index (Phi) is 3.67. The maximum absolute atomic E-state index is 12.1. The van der Waals surface area contributed by atoms with Gasteiger partial charge in [-0.15, -0.1) is 0 Å². The molecular formula is C17H24N2O4. The highest BCUT2D eigenvalue weighted by molar-refractivity contribution is 5.77. The second-order valence-corrected chi connectivity index (χ2v) is 7.40. The summed E-state index contributed by atoms with van der Waals surface area (Å²) in [4.78, 5) is 16.9. The van der Waals surface area contributed by atoms with Crippen molar-refractivity contribution in [2.45, 2.75) is 62.7 Å². The van der Waals surface area contributed by atoms with E-state index in [1.54, 1.807) is 0 Å². The molecule has 1 saturated heterocycles. The summed E-state index contributed by atoms with van der Waals surface area (Å²) in [5.41, 5.74) is -0.285. The summed E-state index contributed by atoms with van der Waals surface area (Å²) in [6.07, 6.45) is 7.37. The van der Waals surface area contributed by atoms with Gasteiger partial charge in [-0.2, -0.15) is 4.98 Å². The smallest absolute Gasteiger partial charge is 0.311 e. The summed E-state index contributed by atoms with van der Waals surface area (Å²) < 4.78 is 16.1. The minimum Gasteiger partial charge on any atom is -0.469 e. The van der Waals surface area contributed by atoms with E-state index in [-0.39, 0.29) is 16.8 Å². The highest BCUT2D eigenvalue weighted by Gasteiger charge is 2.55. The van der Waals surface area contributed by atoms with E-state index in [1.807, 2.05) is 0 Å². The van der Waals surface area contributed by atoms with Crippen molar-refractivity contribution in [3.63, 3.8) is 0 Å². The maximum Gasteiger partial charge on any atom is 0.311 e. The van der Waals surface area contributed by atoms with Gasteiger partial charge in [0, 0.05) is 24.5 Å². The molecule has 6 heteroatoms. The first kappa shape index (κ1) is 15.1. The Balaban J connectivity index is 1.51. The van der Waals surface area contributed by atoms with Crippen LogP contribution in [0.4, 0.5) is 0 Å². The third-order valence-corrected chi connectivity index (χ3v) is 6.35. The monoisotopic (exact) mass is 320 g/mol. The van der Waals surface area contributed by atoms with Crippen LogP contribution in [0.2, 0.25) is 0 Å². The Bertz CT molecular complexity index is 567. The number of methoxy groups -OCH3 is 1. The summed E-state index contributed by atoms with van der Waals surface area (Å²) in [5, 5.41) is 4.26. The molecule has 5 rings (SSSR count). The fourth-order valence-electron chi connectivity index (χ4n) is 4.60. The molecule has 0 radical (unpaired) electrons. The Hall–Kier alpha value is -1.43. The molecule has 0 spiro atoms. The molecule has 1 aliphatic heterocycles. The van der Waals surface area contributed by atoms with Crippen molar-refractivity contribution in [1.82, 2.24) is 10.1 Å². The zero-order chi connectivity index (χ0) is 15.9. The number of rotatable bonds is 3. The molecule has 0 unspecified atom stereocenters. The third-order valence-electron chi connectivity index (χ3n) is 6.35. The lowest BCUT2D eigenvalue weighted by atomic mass is 9.53. The molecule has 3 saturated carbocycles. The van der Waals surface area contributed by atoms with E-state index in [4.69, 9.17) is 19.0 Å². The molecule has 2 bridgehead atoms. The Morgan fingerprint density at radius 1 is 1.13 bits per heavy atom. The van der Waals surface area contributed by atoms with E-state index in [9.17, 15) is 4.79 Å². The first-order chi connectivity index (χ1) is 11.2. The van der Waals surface area contributed by atoms with Gasteiger partial charge in [0.25, 0.3) is 0 Å². The molecular weight excluding hydrogens is 296 g/mol. The zero-order valence-electron chi connectivity index (χ0n) is 13.7. The van der Waals surface area contributed by atoms with Crippen LogP contribution in [0, 0.1) is 5.41 Å². The fraction of sp³-hybridized carbons (Fsp3) is 0.824. The number of nitrogens with zero attached hydrogens (tertiary/aromatic N) is 2. The summed E-state index contributed by atoms with van der Waals surface area (Å²) in [6.45, 7) is 1.56. The Labute approximate surface area is 135 Å². The molecule has 4 fully saturated rings. The van der Waals surface area contributed by atoms with Crippen molar-refractivity contribution in [3.8, 4) is 0 Å². The summed E-state index contributed by atoms with van der Waals surface area (Å²) in [7, 11) is 1.49. The topological polar surface area (TPSA) is 74.5 Å². The highest BCUT2D eigenvalue weighted by Crippen LogP contribution is 2.57. The second-order valence-electron chi connectivity index (χ2n) is 7.40. The number of carbonyl (C=O) groups excluding carboxylic acids is 1. The van der Waals surface area contributed by atoms with Gasteiger partial charge in [-0.3, -0.25) is 4.79 Å². The first-order valence-electron chi connectivity index (χ1n) is 8.68. The standard InChI is InChI=1S/C17H24N2O4/c1-21-15(20)17-7-4-16(5-8-17,6-9-17)14-18-13(19-23-14)12-2-10-22-11-3-12/h12H,2-11H2,1H3.